The molecule has 1 aliphatic rings. The monoisotopic (exact) mass is 471 g/mol. The smallest absolute Gasteiger partial charge is 0.307 e. The number of methoxy groups -OCH3 is 1. The van der Waals surface area contributed by atoms with E-state index >= 15 is 0 Å². The molecular weight excluding hydrogens is 455 g/mol. The Kier molecular flexibility index (Phi) is 5.28. The van der Waals surface area contributed by atoms with E-state index in [1.807, 2.05) is 4.57 Å². The number of hydrogen-bond acceptors (Lipinski definition) is 7. The fourth-order valence-corrected chi connectivity index (χ4v) is 4.04. The van der Waals surface area contributed by atoms with Gasteiger partial charge in [0, 0.05) is 29.6 Å². The number of anilines is 2. The van der Waals surface area contributed by atoms with Gasteiger partial charge < -0.3 is 19.4 Å². The molecule has 2 aromatic carbocycles. The van der Waals surface area contributed by atoms with Gasteiger partial charge in [0.1, 0.15) is 17.3 Å². The van der Waals surface area contributed by atoms with Crippen LogP contribution in [0.4, 0.5) is 30.5 Å². The summed E-state index contributed by atoms with van der Waals surface area (Å²) in [6, 6.07) is 5.99. The second kappa shape index (κ2) is 8.30. The molecule has 12 heteroatoms. The summed E-state index contributed by atoms with van der Waals surface area (Å²) in [5.74, 6) is -2.38. The maximum Gasteiger partial charge on any atom is 0.307 e. The van der Waals surface area contributed by atoms with Crippen molar-refractivity contribution in [2.45, 2.75) is 13.2 Å². The molecule has 0 saturated carbocycles. The number of nitrogens with zero attached hydrogens (tertiary/aromatic N) is 4. The van der Waals surface area contributed by atoms with E-state index in [0.717, 1.165) is 18.3 Å². The first-order chi connectivity index (χ1) is 16.4. The number of ether oxygens (including phenoxy) is 2. The standard InChI is InChI=1S/C22H16F3N5O4/c1-33-19-7-13(24)17(30(31)32)8-15(19)27-22-26-9-14(25)21(28-22)20-12-3-2-11(23)6-16(12)29-4-5-34-10-18(20)29/h2-3,6-9H,4-5,10H2,1H3,(H,26,27,28). The van der Waals surface area contributed by atoms with Crippen molar-refractivity contribution in [1.82, 2.24) is 14.5 Å². The summed E-state index contributed by atoms with van der Waals surface area (Å²) >= 11 is 0. The fraction of sp³-hybridized carbons (Fsp3) is 0.182. The molecule has 0 radical (unpaired) electrons. The van der Waals surface area contributed by atoms with Crippen molar-refractivity contribution in [3.05, 3.63) is 69.8 Å². The molecule has 34 heavy (non-hydrogen) atoms. The van der Waals surface area contributed by atoms with Crippen LogP contribution in [0.1, 0.15) is 5.69 Å². The number of halogens is 3. The zero-order valence-corrected chi connectivity index (χ0v) is 17.6. The Balaban J connectivity index is 1.64. The quantitative estimate of drug-likeness (QED) is 0.332. The molecule has 0 bridgehead atoms. The van der Waals surface area contributed by atoms with Gasteiger partial charge >= 0.3 is 5.69 Å². The molecule has 4 aromatic rings. The summed E-state index contributed by atoms with van der Waals surface area (Å²) in [6.07, 6.45) is 0.943. The highest BCUT2D eigenvalue weighted by Crippen LogP contribution is 2.38. The van der Waals surface area contributed by atoms with Crippen LogP contribution in [0.2, 0.25) is 0 Å². The van der Waals surface area contributed by atoms with Crippen molar-refractivity contribution in [3.8, 4) is 17.0 Å². The van der Waals surface area contributed by atoms with Gasteiger partial charge in [0.2, 0.25) is 11.8 Å². The zero-order valence-electron chi connectivity index (χ0n) is 17.6. The maximum atomic E-state index is 15.0. The van der Waals surface area contributed by atoms with Crippen LogP contribution in [0.5, 0.6) is 5.75 Å². The molecule has 0 saturated heterocycles. The summed E-state index contributed by atoms with van der Waals surface area (Å²) in [4.78, 5) is 18.5. The van der Waals surface area contributed by atoms with Crippen LogP contribution in [0.3, 0.4) is 0 Å². The van der Waals surface area contributed by atoms with E-state index in [4.69, 9.17) is 9.47 Å². The van der Waals surface area contributed by atoms with Crippen molar-refractivity contribution in [2.24, 2.45) is 0 Å². The number of benzene rings is 2. The lowest BCUT2D eigenvalue weighted by Gasteiger charge is -2.18. The third kappa shape index (κ3) is 3.57. The SMILES string of the molecule is COc1cc(F)c([N+](=O)[O-])cc1Nc1ncc(F)c(-c2c3n(c4cc(F)ccc24)CCOC3)n1. The van der Waals surface area contributed by atoms with Gasteiger partial charge in [0.25, 0.3) is 0 Å². The van der Waals surface area contributed by atoms with E-state index in [1.165, 1.54) is 19.2 Å². The molecule has 0 spiro atoms. The average molecular weight is 471 g/mol. The minimum absolute atomic E-state index is 0.0160. The molecule has 9 nitrogen and oxygen atoms in total. The van der Waals surface area contributed by atoms with Gasteiger partial charge in [-0.15, -0.1) is 0 Å². The van der Waals surface area contributed by atoms with E-state index < -0.39 is 28.1 Å². The van der Waals surface area contributed by atoms with Crippen molar-refractivity contribution in [3.63, 3.8) is 0 Å². The summed E-state index contributed by atoms with van der Waals surface area (Å²) in [5, 5.41) is 14.5. The molecule has 2 aromatic heterocycles. The van der Waals surface area contributed by atoms with Crippen molar-refractivity contribution >= 4 is 28.2 Å². The van der Waals surface area contributed by atoms with Crippen LogP contribution < -0.4 is 10.1 Å². The van der Waals surface area contributed by atoms with E-state index in [1.54, 1.807) is 6.07 Å². The molecule has 0 amide bonds. The fourth-order valence-electron chi connectivity index (χ4n) is 4.04. The second-order valence-corrected chi connectivity index (χ2v) is 7.46. The Hall–Kier alpha value is -4.19. The largest absolute Gasteiger partial charge is 0.494 e. The van der Waals surface area contributed by atoms with E-state index in [-0.39, 0.29) is 29.7 Å². The number of rotatable bonds is 5. The van der Waals surface area contributed by atoms with Crippen LogP contribution >= 0.6 is 0 Å². The van der Waals surface area contributed by atoms with Crippen LogP contribution in [-0.4, -0.2) is 33.2 Å². The number of nitro benzene ring substituents is 1. The molecular formula is C22H16F3N5O4. The third-order valence-corrected chi connectivity index (χ3v) is 5.53. The molecule has 0 atom stereocenters. The second-order valence-electron chi connectivity index (χ2n) is 7.46. The molecule has 3 heterocycles. The Morgan fingerprint density at radius 1 is 1.21 bits per heavy atom. The third-order valence-electron chi connectivity index (χ3n) is 5.53. The molecule has 1 aliphatic heterocycles. The summed E-state index contributed by atoms with van der Waals surface area (Å²) in [6.45, 7) is 1.06. The van der Waals surface area contributed by atoms with Gasteiger partial charge in [-0.25, -0.2) is 18.7 Å². The van der Waals surface area contributed by atoms with Crippen LogP contribution in [0, 0.1) is 27.6 Å². The van der Waals surface area contributed by atoms with Crippen LogP contribution in [0.15, 0.2) is 36.5 Å². The predicted molar refractivity (Wildman–Crippen MR) is 115 cm³/mol. The van der Waals surface area contributed by atoms with Crippen molar-refractivity contribution in [1.29, 1.82) is 0 Å². The van der Waals surface area contributed by atoms with Gasteiger partial charge in [0.15, 0.2) is 5.82 Å². The van der Waals surface area contributed by atoms with Gasteiger partial charge in [0.05, 0.1) is 48.3 Å². The lowest BCUT2D eigenvalue weighted by atomic mass is 10.1. The Bertz CT molecular complexity index is 1460. The lowest BCUT2D eigenvalue weighted by molar-refractivity contribution is -0.387. The molecule has 0 aliphatic carbocycles. The topological polar surface area (TPSA) is 104 Å². The number of nitrogens with one attached hydrogen (secondary N) is 1. The van der Waals surface area contributed by atoms with Gasteiger partial charge in [-0.05, 0) is 18.2 Å². The maximum absolute atomic E-state index is 15.0. The molecule has 0 unspecified atom stereocenters. The molecule has 174 valence electrons. The number of aromatic nitrogens is 3. The first-order valence-electron chi connectivity index (χ1n) is 10.1. The minimum atomic E-state index is -1.08. The number of nitro groups is 1. The van der Waals surface area contributed by atoms with Crippen LogP contribution in [-0.2, 0) is 17.9 Å². The van der Waals surface area contributed by atoms with Gasteiger partial charge in [-0.3, -0.25) is 10.1 Å². The zero-order chi connectivity index (χ0) is 24.0. The highest BCUT2D eigenvalue weighted by atomic mass is 19.1. The van der Waals surface area contributed by atoms with Gasteiger partial charge in [-0.2, -0.15) is 4.39 Å². The normalized spacial score (nSPS) is 13.1. The average Bonchev–Trinajstić information content (AvgIpc) is 3.14. The Morgan fingerprint density at radius 2 is 2.03 bits per heavy atom. The van der Waals surface area contributed by atoms with Crippen molar-refractivity contribution < 1.29 is 27.6 Å². The number of fused-ring (bicyclic) bond motifs is 3. The summed E-state index contributed by atoms with van der Waals surface area (Å²) in [5.41, 5.74) is 0.806. The van der Waals surface area contributed by atoms with E-state index in [2.05, 4.69) is 15.3 Å². The summed E-state index contributed by atoms with van der Waals surface area (Å²) < 4.78 is 55.4. The van der Waals surface area contributed by atoms with Gasteiger partial charge in [-0.1, -0.05) is 0 Å². The minimum Gasteiger partial charge on any atom is -0.494 e. The van der Waals surface area contributed by atoms with E-state index in [0.29, 0.717) is 35.3 Å². The number of hydrogen-bond donors (Lipinski definition) is 1. The lowest BCUT2D eigenvalue weighted by Crippen LogP contribution is -2.16. The Morgan fingerprint density at radius 3 is 2.79 bits per heavy atom. The summed E-state index contributed by atoms with van der Waals surface area (Å²) in [7, 11) is 1.27. The first-order valence-corrected chi connectivity index (χ1v) is 10.1. The van der Waals surface area contributed by atoms with Crippen molar-refractivity contribution in [2.75, 3.05) is 19.0 Å². The highest BCUT2D eigenvalue weighted by Gasteiger charge is 2.26. The highest BCUT2D eigenvalue weighted by molar-refractivity contribution is 5.97. The molecule has 5 rings (SSSR count). The molecule has 0 fully saturated rings. The molecule has 1 N–H and O–H groups in total. The Labute approximate surface area is 189 Å². The predicted octanol–water partition coefficient (Wildman–Crippen LogP) is 4.71. The van der Waals surface area contributed by atoms with Crippen LogP contribution in [0.25, 0.3) is 22.2 Å². The first kappa shape index (κ1) is 21.6. The van der Waals surface area contributed by atoms with E-state index in [9.17, 15) is 23.3 Å².